The molecule has 1 spiro atoms. The predicted molar refractivity (Wildman–Crippen MR) is 58.9 cm³/mol. The van der Waals surface area contributed by atoms with Gasteiger partial charge in [0, 0.05) is 19.8 Å². The number of nitrogens with zero attached hydrogens (tertiary/aromatic N) is 1. The fourth-order valence-electron chi connectivity index (χ4n) is 3.03. The van der Waals surface area contributed by atoms with Crippen LogP contribution in [0.5, 0.6) is 0 Å². The molecule has 3 nitrogen and oxygen atoms in total. The fraction of sp³-hybridized carbons (Fsp3) is 0.667. The molecule has 3 heteroatoms. The number of piperidine rings is 1. The van der Waals surface area contributed by atoms with Crippen molar-refractivity contribution in [2.75, 3.05) is 19.7 Å². The Morgan fingerprint density at radius 1 is 1.53 bits per heavy atom. The molecule has 0 radical (unpaired) electrons. The standard InChI is InChI=1S/C12H18N2O/c1-14-7-3-10-4-8-15-12(11(10)14)5-2-6-13-9-12/h3,7,13H,2,4-6,8-9H2,1H3. The van der Waals surface area contributed by atoms with E-state index in [9.17, 15) is 0 Å². The third-order valence-corrected chi connectivity index (χ3v) is 3.68. The minimum atomic E-state index is -0.0376. The molecule has 1 aromatic heterocycles. The minimum Gasteiger partial charge on any atom is -0.367 e. The third kappa shape index (κ3) is 1.34. The number of nitrogens with one attached hydrogen (secondary N) is 1. The quantitative estimate of drug-likeness (QED) is 0.690. The van der Waals surface area contributed by atoms with Crippen molar-refractivity contribution in [3.63, 3.8) is 0 Å². The Kier molecular flexibility index (Phi) is 2.11. The Morgan fingerprint density at radius 3 is 3.27 bits per heavy atom. The van der Waals surface area contributed by atoms with Crippen molar-refractivity contribution < 1.29 is 4.74 Å². The first-order valence-electron chi connectivity index (χ1n) is 5.81. The van der Waals surface area contributed by atoms with Gasteiger partial charge in [0.1, 0.15) is 5.60 Å². The predicted octanol–water partition coefficient (Wildman–Crippen LogP) is 1.18. The van der Waals surface area contributed by atoms with Gasteiger partial charge in [0.05, 0.1) is 12.3 Å². The number of rotatable bonds is 0. The van der Waals surface area contributed by atoms with Gasteiger partial charge < -0.3 is 14.6 Å². The summed E-state index contributed by atoms with van der Waals surface area (Å²) in [6, 6.07) is 2.24. The van der Waals surface area contributed by atoms with Crippen LogP contribution in [0.3, 0.4) is 0 Å². The van der Waals surface area contributed by atoms with E-state index in [0.717, 1.165) is 32.5 Å². The Balaban J connectivity index is 2.06. The molecule has 0 saturated carbocycles. The Morgan fingerprint density at radius 2 is 2.47 bits per heavy atom. The van der Waals surface area contributed by atoms with Crippen LogP contribution in [0.4, 0.5) is 0 Å². The van der Waals surface area contributed by atoms with Gasteiger partial charge in [-0.3, -0.25) is 0 Å². The molecule has 0 aliphatic carbocycles. The zero-order valence-corrected chi connectivity index (χ0v) is 9.25. The summed E-state index contributed by atoms with van der Waals surface area (Å²) < 4.78 is 8.33. The molecule has 1 atom stereocenters. The molecule has 1 N–H and O–H groups in total. The van der Waals surface area contributed by atoms with Gasteiger partial charge in [-0.15, -0.1) is 0 Å². The summed E-state index contributed by atoms with van der Waals surface area (Å²) in [7, 11) is 2.13. The number of ether oxygens (including phenoxy) is 1. The largest absolute Gasteiger partial charge is 0.367 e. The molecule has 15 heavy (non-hydrogen) atoms. The lowest BCUT2D eigenvalue weighted by atomic mass is 9.86. The molecule has 3 rings (SSSR count). The summed E-state index contributed by atoms with van der Waals surface area (Å²) in [5.74, 6) is 0. The van der Waals surface area contributed by atoms with E-state index in [1.807, 2.05) is 0 Å². The van der Waals surface area contributed by atoms with Crippen LogP contribution in [0.25, 0.3) is 0 Å². The first-order chi connectivity index (χ1) is 7.32. The third-order valence-electron chi connectivity index (χ3n) is 3.68. The van der Waals surface area contributed by atoms with Crippen LogP contribution in [0, 0.1) is 0 Å². The van der Waals surface area contributed by atoms with Gasteiger partial charge in [0.15, 0.2) is 0 Å². The number of fused-ring (bicyclic) bond motifs is 2. The van der Waals surface area contributed by atoms with Crippen molar-refractivity contribution in [2.24, 2.45) is 7.05 Å². The highest BCUT2D eigenvalue weighted by Crippen LogP contribution is 2.38. The monoisotopic (exact) mass is 206 g/mol. The van der Waals surface area contributed by atoms with Crippen molar-refractivity contribution in [1.29, 1.82) is 0 Å². The maximum Gasteiger partial charge on any atom is 0.121 e. The van der Waals surface area contributed by atoms with E-state index in [0.29, 0.717) is 0 Å². The minimum absolute atomic E-state index is 0.0376. The molecule has 82 valence electrons. The van der Waals surface area contributed by atoms with E-state index < -0.39 is 0 Å². The van der Waals surface area contributed by atoms with Gasteiger partial charge in [-0.2, -0.15) is 0 Å². The SMILES string of the molecule is Cn1ccc2c1C1(CCCNC1)OCC2. The molecule has 1 aromatic rings. The van der Waals surface area contributed by atoms with Gasteiger partial charge >= 0.3 is 0 Å². The van der Waals surface area contributed by atoms with E-state index in [4.69, 9.17) is 4.74 Å². The average molecular weight is 206 g/mol. The summed E-state index contributed by atoms with van der Waals surface area (Å²) in [5, 5.41) is 3.46. The number of aromatic nitrogens is 1. The van der Waals surface area contributed by atoms with Gasteiger partial charge in [-0.05, 0) is 37.4 Å². The van der Waals surface area contributed by atoms with Gasteiger partial charge in [0.2, 0.25) is 0 Å². The Bertz CT molecular complexity index is 364. The lowest BCUT2D eigenvalue weighted by molar-refractivity contribution is -0.0796. The highest BCUT2D eigenvalue weighted by molar-refractivity contribution is 5.31. The van der Waals surface area contributed by atoms with Crippen molar-refractivity contribution in [3.8, 4) is 0 Å². The summed E-state index contributed by atoms with van der Waals surface area (Å²) in [4.78, 5) is 0. The zero-order chi connectivity index (χ0) is 10.3. The molecule has 2 aliphatic rings. The van der Waals surface area contributed by atoms with Gasteiger partial charge in [0.25, 0.3) is 0 Å². The molecule has 1 fully saturated rings. The van der Waals surface area contributed by atoms with E-state index in [-0.39, 0.29) is 5.60 Å². The molecular formula is C12H18N2O. The van der Waals surface area contributed by atoms with Crippen LogP contribution in [-0.4, -0.2) is 24.3 Å². The second-order valence-electron chi connectivity index (χ2n) is 4.67. The summed E-state index contributed by atoms with van der Waals surface area (Å²) in [5.41, 5.74) is 2.85. The topological polar surface area (TPSA) is 26.2 Å². The molecular weight excluding hydrogens is 188 g/mol. The van der Waals surface area contributed by atoms with Crippen molar-refractivity contribution in [3.05, 3.63) is 23.5 Å². The molecule has 1 unspecified atom stereocenters. The molecule has 2 aliphatic heterocycles. The fourth-order valence-corrected chi connectivity index (χ4v) is 3.03. The number of hydrogen-bond acceptors (Lipinski definition) is 2. The average Bonchev–Trinajstić information content (AvgIpc) is 2.63. The van der Waals surface area contributed by atoms with Crippen molar-refractivity contribution in [2.45, 2.75) is 24.9 Å². The van der Waals surface area contributed by atoms with Crippen LogP contribution in [-0.2, 0) is 23.8 Å². The van der Waals surface area contributed by atoms with Crippen molar-refractivity contribution in [1.82, 2.24) is 9.88 Å². The molecule has 3 heterocycles. The van der Waals surface area contributed by atoms with Crippen molar-refractivity contribution >= 4 is 0 Å². The second kappa shape index (κ2) is 3.35. The highest BCUT2D eigenvalue weighted by atomic mass is 16.5. The highest BCUT2D eigenvalue weighted by Gasteiger charge is 2.40. The van der Waals surface area contributed by atoms with Gasteiger partial charge in [-0.1, -0.05) is 0 Å². The molecule has 1 saturated heterocycles. The lowest BCUT2D eigenvalue weighted by Crippen LogP contribution is -2.48. The zero-order valence-electron chi connectivity index (χ0n) is 9.25. The summed E-state index contributed by atoms with van der Waals surface area (Å²) in [6.07, 6.45) is 5.60. The van der Waals surface area contributed by atoms with E-state index in [1.54, 1.807) is 0 Å². The van der Waals surface area contributed by atoms with Crippen LogP contribution in [0.2, 0.25) is 0 Å². The first kappa shape index (κ1) is 9.43. The van der Waals surface area contributed by atoms with E-state index in [2.05, 4.69) is 29.2 Å². The van der Waals surface area contributed by atoms with Gasteiger partial charge in [-0.25, -0.2) is 0 Å². The van der Waals surface area contributed by atoms with E-state index in [1.165, 1.54) is 17.7 Å². The normalized spacial score (nSPS) is 30.5. The first-order valence-corrected chi connectivity index (χ1v) is 5.81. The van der Waals surface area contributed by atoms with Crippen LogP contribution < -0.4 is 5.32 Å². The Labute approximate surface area is 90.4 Å². The lowest BCUT2D eigenvalue weighted by Gasteiger charge is -2.41. The number of hydrogen-bond donors (Lipinski definition) is 1. The van der Waals surface area contributed by atoms with E-state index >= 15 is 0 Å². The summed E-state index contributed by atoms with van der Waals surface area (Å²) >= 11 is 0. The smallest absolute Gasteiger partial charge is 0.121 e. The van der Waals surface area contributed by atoms with Crippen LogP contribution in [0.1, 0.15) is 24.1 Å². The van der Waals surface area contributed by atoms with Crippen LogP contribution >= 0.6 is 0 Å². The molecule has 0 aromatic carbocycles. The Hall–Kier alpha value is -0.800. The van der Waals surface area contributed by atoms with Crippen LogP contribution in [0.15, 0.2) is 12.3 Å². The number of aryl methyl sites for hydroxylation is 1. The second-order valence-corrected chi connectivity index (χ2v) is 4.67. The summed E-state index contributed by atoms with van der Waals surface area (Å²) in [6.45, 7) is 2.97. The maximum atomic E-state index is 6.09. The molecule has 0 bridgehead atoms. The molecule has 0 amide bonds. The maximum absolute atomic E-state index is 6.09.